The molecule has 1 aliphatic carbocycles. The van der Waals surface area contributed by atoms with Crippen molar-refractivity contribution in [1.29, 1.82) is 0 Å². The van der Waals surface area contributed by atoms with Gasteiger partial charge in [-0.05, 0) is 64.2 Å². The monoisotopic (exact) mass is 438 g/mol. The van der Waals surface area contributed by atoms with Gasteiger partial charge in [0.25, 0.3) is 0 Å². The maximum atomic E-state index is 12.4. The van der Waals surface area contributed by atoms with Gasteiger partial charge >= 0.3 is 0 Å². The quantitative estimate of drug-likeness (QED) is 0.590. The number of ether oxygens (including phenoxy) is 2. The molecule has 0 radical (unpaired) electrons. The van der Waals surface area contributed by atoms with Crippen LogP contribution in [0.1, 0.15) is 64.2 Å². The molecule has 3 fully saturated rings. The van der Waals surface area contributed by atoms with Crippen molar-refractivity contribution in [3.63, 3.8) is 0 Å². The molecule has 0 spiro atoms. The minimum Gasteiger partial charge on any atom is -0.377 e. The van der Waals surface area contributed by atoms with Crippen molar-refractivity contribution in [3.05, 3.63) is 0 Å². The molecule has 164 valence electrons. The van der Waals surface area contributed by atoms with E-state index in [4.69, 9.17) is 9.47 Å². The molecule has 0 aromatic rings. The van der Waals surface area contributed by atoms with E-state index in [1.54, 1.807) is 0 Å². The van der Waals surface area contributed by atoms with Crippen molar-refractivity contribution in [2.24, 2.45) is 0 Å². The summed E-state index contributed by atoms with van der Waals surface area (Å²) in [6.45, 7) is 1.27. The van der Waals surface area contributed by atoms with Gasteiger partial charge in [0.1, 0.15) is 0 Å². The molecule has 0 aromatic heterocycles. The Bertz CT molecular complexity index is 617. The third-order valence-corrected chi connectivity index (χ3v) is 8.78. The van der Waals surface area contributed by atoms with E-state index >= 15 is 0 Å². The van der Waals surface area contributed by atoms with Gasteiger partial charge in [-0.3, -0.25) is 0 Å². The zero-order valence-electron chi connectivity index (χ0n) is 16.5. The summed E-state index contributed by atoms with van der Waals surface area (Å²) in [4.78, 5) is 0. The van der Waals surface area contributed by atoms with Gasteiger partial charge < -0.3 is 9.47 Å². The second-order valence-corrected chi connectivity index (χ2v) is 11.9. The van der Waals surface area contributed by atoms with Gasteiger partial charge in [-0.25, -0.2) is 26.3 Å². The van der Waals surface area contributed by atoms with Crippen LogP contribution in [-0.4, -0.2) is 65.8 Å². The first kappa shape index (κ1) is 22.4. The first-order chi connectivity index (χ1) is 13.3. The molecule has 3 rings (SSSR count). The second-order valence-electron chi connectivity index (χ2n) is 8.32. The molecule has 0 amide bonds. The number of sulfonamides is 2. The first-order valence-electron chi connectivity index (χ1n) is 10.5. The van der Waals surface area contributed by atoms with Crippen LogP contribution >= 0.6 is 0 Å². The summed E-state index contributed by atoms with van der Waals surface area (Å²) < 4.78 is 66.2. The minimum absolute atomic E-state index is 0.0148. The molecule has 0 aromatic carbocycles. The summed E-state index contributed by atoms with van der Waals surface area (Å²) in [5.74, 6) is 0.0297. The van der Waals surface area contributed by atoms with Gasteiger partial charge in [0.2, 0.25) is 20.0 Å². The van der Waals surface area contributed by atoms with Gasteiger partial charge in [-0.1, -0.05) is 0 Å². The highest BCUT2D eigenvalue weighted by Crippen LogP contribution is 2.22. The van der Waals surface area contributed by atoms with E-state index < -0.39 is 20.0 Å². The lowest BCUT2D eigenvalue weighted by Gasteiger charge is -2.31. The van der Waals surface area contributed by atoms with Crippen molar-refractivity contribution in [2.75, 3.05) is 24.7 Å². The van der Waals surface area contributed by atoms with Gasteiger partial charge in [0, 0.05) is 25.3 Å². The fourth-order valence-corrected chi connectivity index (χ4v) is 7.48. The van der Waals surface area contributed by atoms with Crippen molar-refractivity contribution in [2.45, 2.75) is 88.5 Å². The molecule has 2 heterocycles. The first-order valence-corrected chi connectivity index (χ1v) is 13.8. The summed E-state index contributed by atoms with van der Waals surface area (Å²) in [5.41, 5.74) is 0. The topological polar surface area (TPSA) is 111 Å². The highest BCUT2D eigenvalue weighted by atomic mass is 32.2. The highest BCUT2D eigenvalue weighted by Gasteiger charge is 2.30. The Morgan fingerprint density at radius 1 is 0.607 bits per heavy atom. The fraction of sp³-hybridized carbons (Fsp3) is 1.00. The third-order valence-electron chi connectivity index (χ3n) is 5.78. The molecule has 2 aliphatic heterocycles. The largest absolute Gasteiger partial charge is 0.377 e. The molecule has 0 bridgehead atoms. The number of hydrogen-bond acceptors (Lipinski definition) is 6. The van der Waals surface area contributed by atoms with Crippen LogP contribution in [0.5, 0.6) is 0 Å². The van der Waals surface area contributed by atoms with E-state index in [0.29, 0.717) is 38.9 Å². The van der Waals surface area contributed by atoms with Crippen LogP contribution < -0.4 is 9.44 Å². The lowest BCUT2D eigenvalue weighted by molar-refractivity contribution is 0.0301. The van der Waals surface area contributed by atoms with Crippen LogP contribution in [0, 0.1) is 0 Å². The van der Waals surface area contributed by atoms with Crippen LogP contribution in [0.3, 0.4) is 0 Å². The molecule has 3 aliphatic rings. The summed E-state index contributed by atoms with van der Waals surface area (Å²) >= 11 is 0. The number of nitrogens with one attached hydrogen (secondary N) is 2. The average molecular weight is 439 g/mol. The lowest BCUT2D eigenvalue weighted by atomic mass is 9.92. The summed E-state index contributed by atoms with van der Waals surface area (Å²) in [6.07, 6.45) is 7.72. The normalized spacial score (nSPS) is 32.9. The van der Waals surface area contributed by atoms with E-state index in [-0.39, 0.29) is 35.8 Å². The van der Waals surface area contributed by atoms with Gasteiger partial charge in [0.05, 0.1) is 23.7 Å². The standard InChI is InChI=1S/C18H34N2O6S2/c21-27(22,13-17-5-1-3-11-25-17)19-15-7-9-16(10-8-15)20-28(23,24)14-18-6-2-4-12-26-18/h15-20H,1-14H2. The van der Waals surface area contributed by atoms with Crippen molar-refractivity contribution >= 4 is 20.0 Å². The zero-order chi connectivity index (χ0) is 20.0. The van der Waals surface area contributed by atoms with Crippen LogP contribution in [-0.2, 0) is 29.5 Å². The Balaban J connectivity index is 1.39. The van der Waals surface area contributed by atoms with E-state index in [0.717, 1.165) is 38.5 Å². The molecule has 2 atom stereocenters. The van der Waals surface area contributed by atoms with Gasteiger partial charge in [-0.15, -0.1) is 0 Å². The van der Waals surface area contributed by atoms with Gasteiger partial charge in [0.15, 0.2) is 0 Å². The van der Waals surface area contributed by atoms with E-state index in [1.807, 2.05) is 0 Å². The zero-order valence-corrected chi connectivity index (χ0v) is 18.1. The smallest absolute Gasteiger partial charge is 0.214 e. The molecular formula is C18H34N2O6S2. The Morgan fingerprint density at radius 2 is 1.00 bits per heavy atom. The lowest BCUT2D eigenvalue weighted by Crippen LogP contribution is -2.46. The second kappa shape index (κ2) is 10.2. The third kappa shape index (κ3) is 7.53. The molecule has 2 N–H and O–H groups in total. The number of rotatable bonds is 8. The summed E-state index contributed by atoms with van der Waals surface area (Å²) in [6, 6.07) is -0.257. The minimum atomic E-state index is -3.38. The van der Waals surface area contributed by atoms with Crippen molar-refractivity contribution < 1.29 is 26.3 Å². The fourth-order valence-electron chi connectivity index (χ4n) is 4.30. The molecule has 1 saturated carbocycles. The summed E-state index contributed by atoms with van der Waals surface area (Å²) in [5, 5.41) is 0. The predicted molar refractivity (Wildman–Crippen MR) is 107 cm³/mol. The van der Waals surface area contributed by atoms with E-state index in [2.05, 4.69) is 9.44 Å². The van der Waals surface area contributed by atoms with Gasteiger partial charge in [-0.2, -0.15) is 0 Å². The highest BCUT2D eigenvalue weighted by molar-refractivity contribution is 7.89. The number of hydrogen-bond donors (Lipinski definition) is 2. The van der Waals surface area contributed by atoms with Crippen molar-refractivity contribution in [3.8, 4) is 0 Å². The van der Waals surface area contributed by atoms with Crippen molar-refractivity contribution in [1.82, 2.24) is 9.44 Å². The van der Waals surface area contributed by atoms with E-state index in [9.17, 15) is 16.8 Å². The Hall–Kier alpha value is -0.260. The molecule has 28 heavy (non-hydrogen) atoms. The van der Waals surface area contributed by atoms with Crippen LogP contribution in [0.2, 0.25) is 0 Å². The van der Waals surface area contributed by atoms with Crippen LogP contribution in [0.25, 0.3) is 0 Å². The molecule has 2 saturated heterocycles. The molecular weight excluding hydrogens is 404 g/mol. The maximum absolute atomic E-state index is 12.4. The molecule has 2 unspecified atom stereocenters. The average Bonchev–Trinajstić information content (AvgIpc) is 2.64. The SMILES string of the molecule is O=S(=O)(CC1CCCCO1)NC1CCC(NS(=O)(=O)CC2CCCCO2)CC1. The Kier molecular flexibility index (Phi) is 8.14. The Labute approximate surface area is 169 Å². The van der Waals surface area contributed by atoms with Crippen LogP contribution in [0.15, 0.2) is 0 Å². The summed E-state index contributed by atoms with van der Waals surface area (Å²) in [7, 11) is -6.77. The molecule has 8 nitrogen and oxygen atoms in total. The van der Waals surface area contributed by atoms with E-state index in [1.165, 1.54) is 0 Å². The maximum Gasteiger partial charge on any atom is 0.214 e. The molecule has 10 heteroatoms. The Morgan fingerprint density at radius 3 is 1.32 bits per heavy atom. The predicted octanol–water partition coefficient (Wildman–Crippen LogP) is 1.27. The van der Waals surface area contributed by atoms with Crippen LogP contribution in [0.4, 0.5) is 0 Å².